The average Bonchev–Trinajstić information content (AvgIpc) is 2.57. The summed E-state index contributed by atoms with van der Waals surface area (Å²) in [6.45, 7) is 2.11. The van der Waals surface area contributed by atoms with E-state index in [1.165, 1.54) is 15.6 Å². The van der Waals surface area contributed by atoms with Gasteiger partial charge in [-0.2, -0.15) is 4.31 Å². The van der Waals surface area contributed by atoms with Crippen molar-refractivity contribution in [2.24, 2.45) is 5.73 Å². The Kier molecular flexibility index (Phi) is 3.58. The molecule has 1 aromatic rings. The van der Waals surface area contributed by atoms with E-state index in [1.807, 2.05) is 12.3 Å². The minimum atomic E-state index is -3.37. The van der Waals surface area contributed by atoms with Gasteiger partial charge in [0.25, 0.3) is 0 Å². The maximum atomic E-state index is 12.5. The van der Waals surface area contributed by atoms with E-state index in [-0.39, 0.29) is 12.6 Å². The van der Waals surface area contributed by atoms with Crippen LogP contribution in [0, 0.1) is 6.92 Å². The highest BCUT2D eigenvalue weighted by Crippen LogP contribution is 2.33. The van der Waals surface area contributed by atoms with Crippen LogP contribution < -0.4 is 5.73 Å². The zero-order valence-corrected chi connectivity index (χ0v) is 11.8. The van der Waals surface area contributed by atoms with E-state index >= 15 is 0 Å². The van der Waals surface area contributed by atoms with Gasteiger partial charge in [0.2, 0.25) is 10.0 Å². The van der Waals surface area contributed by atoms with Gasteiger partial charge in [-0.05, 0) is 30.7 Å². The third-order valence-electron chi connectivity index (χ3n) is 3.40. The summed E-state index contributed by atoms with van der Waals surface area (Å²) in [4.78, 5) is 1.19. The zero-order valence-electron chi connectivity index (χ0n) is 10.1. The molecule has 0 spiro atoms. The van der Waals surface area contributed by atoms with E-state index in [4.69, 9.17) is 5.73 Å². The van der Waals surface area contributed by atoms with Crippen molar-refractivity contribution in [1.29, 1.82) is 0 Å². The van der Waals surface area contributed by atoms with Crippen LogP contribution >= 0.6 is 11.3 Å². The summed E-state index contributed by atoms with van der Waals surface area (Å²) in [5.41, 5.74) is 6.42. The maximum Gasteiger partial charge on any atom is 0.244 e. The van der Waals surface area contributed by atoms with Crippen molar-refractivity contribution in [3.8, 4) is 0 Å². The lowest BCUT2D eigenvalue weighted by Gasteiger charge is -2.34. The summed E-state index contributed by atoms with van der Waals surface area (Å²) < 4.78 is 26.5. The third kappa shape index (κ3) is 2.14. The highest BCUT2D eigenvalue weighted by Gasteiger charge is 2.34. The van der Waals surface area contributed by atoms with Crippen molar-refractivity contribution in [1.82, 2.24) is 4.31 Å². The van der Waals surface area contributed by atoms with Crippen LogP contribution in [0.1, 0.15) is 29.7 Å². The molecule has 1 aliphatic rings. The Labute approximate surface area is 106 Å². The fraction of sp³-hybridized carbons (Fsp3) is 0.636. The van der Waals surface area contributed by atoms with Crippen molar-refractivity contribution in [3.05, 3.63) is 15.8 Å². The standard InChI is InChI=1S/C11H18N2O2S2/c1-8-7-16-10(6-12)11(8)17(14,15)13(2)9-4-3-5-9/h7,9H,3-6,12H2,1-2H3. The predicted molar refractivity (Wildman–Crippen MR) is 69.5 cm³/mol. The van der Waals surface area contributed by atoms with Crippen molar-refractivity contribution in [2.75, 3.05) is 7.05 Å². The number of aryl methyl sites for hydroxylation is 1. The smallest absolute Gasteiger partial charge is 0.244 e. The number of hydrogen-bond donors (Lipinski definition) is 1. The van der Waals surface area contributed by atoms with Crippen LogP contribution in [0.25, 0.3) is 0 Å². The van der Waals surface area contributed by atoms with Gasteiger partial charge < -0.3 is 5.73 Å². The Bertz CT molecular complexity index is 504. The molecule has 6 heteroatoms. The first kappa shape index (κ1) is 13.0. The molecular formula is C11H18N2O2S2. The largest absolute Gasteiger partial charge is 0.326 e. The number of hydrogen-bond acceptors (Lipinski definition) is 4. The van der Waals surface area contributed by atoms with Gasteiger partial charge in [-0.25, -0.2) is 8.42 Å². The van der Waals surface area contributed by atoms with Crippen LogP contribution in [-0.2, 0) is 16.6 Å². The second-order valence-corrected chi connectivity index (χ2v) is 7.38. The average molecular weight is 274 g/mol. The summed E-state index contributed by atoms with van der Waals surface area (Å²) in [5, 5.41) is 1.86. The van der Waals surface area contributed by atoms with Gasteiger partial charge in [0.15, 0.2) is 0 Å². The summed E-state index contributed by atoms with van der Waals surface area (Å²) >= 11 is 1.43. The van der Waals surface area contributed by atoms with E-state index in [9.17, 15) is 8.42 Å². The monoisotopic (exact) mass is 274 g/mol. The lowest BCUT2D eigenvalue weighted by Crippen LogP contribution is -2.41. The van der Waals surface area contributed by atoms with Crippen molar-refractivity contribution in [3.63, 3.8) is 0 Å². The molecule has 0 bridgehead atoms. The highest BCUT2D eigenvalue weighted by atomic mass is 32.2. The number of sulfonamides is 1. The molecule has 2 rings (SSSR count). The molecule has 1 aromatic heterocycles. The van der Waals surface area contributed by atoms with Crippen molar-refractivity contribution in [2.45, 2.75) is 43.7 Å². The molecule has 1 fully saturated rings. The molecule has 96 valence electrons. The van der Waals surface area contributed by atoms with Gasteiger partial charge in [0, 0.05) is 24.5 Å². The van der Waals surface area contributed by atoms with Gasteiger partial charge >= 0.3 is 0 Å². The molecule has 1 saturated carbocycles. The number of nitrogens with two attached hydrogens (primary N) is 1. The molecule has 1 aliphatic carbocycles. The Morgan fingerprint density at radius 1 is 1.53 bits per heavy atom. The van der Waals surface area contributed by atoms with Gasteiger partial charge in [0.1, 0.15) is 4.90 Å². The first-order chi connectivity index (χ1) is 7.98. The third-order valence-corrected chi connectivity index (χ3v) is 6.80. The van der Waals surface area contributed by atoms with E-state index in [1.54, 1.807) is 7.05 Å². The molecule has 0 aliphatic heterocycles. The molecule has 0 amide bonds. The van der Waals surface area contributed by atoms with Gasteiger partial charge in [-0.15, -0.1) is 11.3 Å². The van der Waals surface area contributed by atoms with Crippen LogP contribution in [0.3, 0.4) is 0 Å². The fourth-order valence-corrected chi connectivity index (χ4v) is 5.13. The van der Waals surface area contributed by atoms with Crippen LogP contribution in [0.2, 0.25) is 0 Å². The minimum Gasteiger partial charge on any atom is -0.326 e. The van der Waals surface area contributed by atoms with Gasteiger partial charge in [-0.3, -0.25) is 0 Å². The lowest BCUT2D eigenvalue weighted by molar-refractivity contribution is 0.249. The quantitative estimate of drug-likeness (QED) is 0.908. The van der Waals surface area contributed by atoms with Crippen LogP contribution in [0.5, 0.6) is 0 Å². The van der Waals surface area contributed by atoms with E-state index < -0.39 is 10.0 Å². The number of nitrogens with zero attached hydrogens (tertiary/aromatic N) is 1. The first-order valence-corrected chi connectivity index (χ1v) is 8.05. The second-order valence-electron chi connectivity index (χ2n) is 4.48. The minimum absolute atomic E-state index is 0.171. The van der Waals surface area contributed by atoms with E-state index in [0.29, 0.717) is 4.90 Å². The molecular weight excluding hydrogens is 256 g/mol. The zero-order chi connectivity index (χ0) is 12.6. The van der Waals surface area contributed by atoms with Crippen LogP contribution in [0.4, 0.5) is 0 Å². The molecule has 0 unspecified atom stereocenters. The predicted octanol–water partition coefficient (Wildman–Crippen LogP) is 1.69. The fourth-order valence-electron chi connectivity index (χ4n) is 2.07. The molecule has 0 radical (unpaired) electrons. The van der Waals surface area contributed by atoms with Crippen molar-refractivity contribution < 1.29 is 8.42 Å². The Morgan fingerprint density at radius 3 is 2.65 bits per heavy atom. The Balaban J connectivity index is 2.39. The topological polar surface area (TPSA) is 63.4 Å². The molecule has 0 saturated heterocycles. The molecule has 1 heterocycles. The first-order valence-electron chi connectivity index (χ1n) is 5.73. The van der Waals surface area contributed by atoms with E-state index in [0.717, 1.165) is 29.7 Å². The molecule has 0 aromatic carbocycles. The van der Waals surface area contributed by atoms with Crippen LogP contribution in [-0.4, -0.2) is 25.8 Å². The van der Waals surface area contributed by atoms with Gasteiger partial charge in [0.05, 0.1) is 0 Å². The maximum absolute atomic E-state index is 12.5. The second kappa shape index (κ2) is 4.68. The number of rotatable bonds is 4. The summed E-state index contributed by atoms with van der Waals surface area (Å²) in [7, 11) is -1.69. The Hall–Kier alpha value is -0.430. The summed E-state index contributed by atoms with van der Waals surface area (Å²) in [6, 6.07) is 0.171. The number of thiophene rings is 1. The van der Waals surface area contributed by atoms with Crippen LogP contribution in [0.15, 0.2) is 10.3 Å². The normalized spacial score (nSPS) is 17.4. The molecule has 17 heavy (non-hydrogen) atoms. The van der Waals surface area contributed by atoms with Crippen molar-refractivity contribution >= 4 is 21.4 Å². The summed E-state index contributed by atoms with van der Waals surface area (Å²) in [5.74, 6) is 0. The lowest BCUT2D eigenvalue weighted by atomic mass is 9.94. The molecule has 4 nitrogen and oxygen atoms in total. The Morgan fingerprint density at radius 2 is 2.18 bits per heavy atom. The van der Waals surface area contributed by atoms with Gasteiger partial charge in [-0.1, -0.05) is 6.42 Å². The highest BCUT2D eigenvalue weighted by molar-refractivity contribution is 7.89. The molecule has 0 atom stereocenters. The van der Waals surface area contributed by atoms with E-state index in [2.05, 4.69) is 0 Å². The molecule has 2 N–H and O–H groups in total. The SMILES string of the molecule is Cc1csc(CN)c1S(=O)(=O)N(C)C1CCC1. The summed E-state index contributed by atoms with van der Waals surface area (Å²) in [6.07, 6.45) is 3.06.